The maximum absolute atomic E-state index is 13.2. The molecule has 6 nitrogen and oxygen atoms in total. The molecule has 3 aromatic rings. The maximum Gasteiger partial charge on any atom is 0.307 e. The molecule has 1 amide bonds. The van der Waals surface area contributed by atoms with Crippen LogP contribution in [-0.2, 0) is 40.3 Å². The van der Waals surface area contributed by atoms with Crippen LogP contribution in [0.5, 0.6) is 0 Å². The fraction of sp³-hybridized carbons (Fsp3) is 0.310. The van der Waals surface area contributed by atoms with E-state index in [0.717, 1.165) is 40.7 Å². The van der Waals surface area contributed by atoms with Gasteiger partial charge in [0.25, 0.3) is 0 Å². The molecule has 0 radical (unpaired) electrons. The number of aliphatic carboxylic acids is 1. The summed E-state index contributed by atoms with van der Waals surface area (Å²) >= 11 is 0. The first-order valence-electron chi connectivity index (χ1n) is 12.0. The van der Waals surface area contributed by atoms with Crippen LogP contribution in [0.25, 0.3) is 11.1 Å². The van der Waals surface area contributed by atoms with E-state index in [1.165, 1.54) is 0 Å². The van der Waals surface area contributed by atoms with Crippen molar-refractivity contribution in [1.29, 1.82) is 0 Å². The number of amides is 1. The highest BCUT2D eigenvalue weighted by molar-refractivity contribution is 5.81. The lowest BCUT2D eigenvalue weighted by molar-refractivity contribution is -0.136. The van der Waals surface area contributed by atoms with E-state index in [1.54, 1.807) is 19.3 Å². The number of Topliss-reactive ketones (excluding diaryl/α,β-unsaturated/α-hetero) is 1. The second kappa shape index (κ2) is 11.1. The Morgan fingerprint density at radius 1 is 0.943 bits per heavy atom. The number of aryl methyl sites for hydroxylation is 1. The Bertz CT molecular complexity index is 1220. The van der Waals surface area contributed by atoms with Crippen molar-refractivity contribution in [2.45, 2.75) is 52.1 Å². The number of carboxylic acid groups (broad SMARTS) is 1. The molecular weight excluding hydrogens is 440 g/mol. The molecule has 0 aliphatic heterocycles. The highest BCUT2D eigenvalue weighted by Gasteiger charge is 2.33. The number of carbonyl (C=O) groups excluding carboxylic acids is 2. The van der Waals surface area contributed by atoms with Gasteiger partial charge in [0.15, 0.2) is 0 Å². The van der Waals surface area contributed by atoms with E-state index >= 15 is 0 Å². The van der Waals surface area contributed by atoms with Gasteiger partial charge < -0.3 is 14.8 Å². The Morgan fingerprint density at radius 3 is 2.40 bits per heavy atom. The Balaban J connectivity index is 1.70. The highest BCUT2D eigenvalue weighted by Crippen LogP contribution is 2.33. The lowest BCUT2D eigenvalue weighted by Crippen LogP contribution is -2.31. The van der Waals surface area contributed by atoms with Crippen LogP contribution in [0, 0.1) is 5.92 Å². The predicted octanol–water partition coefficient (Wildman–Crippen LogP) is 4.84. The third-order valence-corrected chi connectivity index (χ3v) is 6.21. The van der Waals surface area contributed by atoms with Crippen LogP contribution >= 0.6 is 0 Å². The van der Waals surface area contributed by atoms with Crippen LogP contribution < -0.4 is 0 Å². The number of hydrogen-bond donors (Lipinski definition) is 1. The first-order valence-corrected chi connectivity index (χ1v) is 12.0. The van der Waals surface area contributed by atoms with Gasteiger partial charge in [-0.25, -0.2) is 0 Å². The van der Waals surface area contributed by atoms with Crippen molar-refractivity contribution in [3.05, 3.63) is 89.2 Å². The molecule has 1 saturated carbocycles. The zero-order valence-corrected chi connectivity index (χ0v) is 19.9. The van der Waals surface area contributed by atoms with E-state index in [2.05, 4.69) is 11.1 Å². The third kappa shape index (κ3) is 6.85. The van der Waals surface area contributed by atoms with Gasteiger partial charge in [-0.05, 0) is 60.1 Å². The van der Waals surface area contributed by atoms with Crippen molar-refractivity contribution in [3.8, 4) is 11.1 Å². The van der Waals surface area contributed by atoms with E-state index in [-0.39, 0.29) is 24.0 Å². The number of hydrogen-bond acceptors (Lipinski definition) is 4. The lowest BCUT2D eigenvalue weighted by Gasteiger charge is -2.25. The lowest BCUT2D eigenvalue weighted by atomic mass is 9.95. The summed E-state index contributed by atoms with van der Waals surface area (Å²) in [5, 5.41) is 9.20. The summed E-state index contributed by atoms with van der Waals surface area (Å²) < 4.78 is 0. The predicted molar refractivity (Wildman–Crippen MR) is 133 cm³/mol. The number of carbonyl (C=O) groups is 3. The SMILES string of the molecule is CC(=O)CCc1ccc(-c2cncc(CC(=O)O)c2)c(CN(Cc2ccccc2)C(=O)C2CC2)c1. The average molecular weight is 471 g/mol. The van der Waals surface area contributed by atoms with Gasteiger partial charge in [0.2, 0.25) is 5.91 Å². The molecule has 35 heavy (non-hydrogen) atoms. The molecule has 180 valence electrons. The Kier molecular flexibility index (Phi) is 7.70. The molecule has 0 atom stereocenters. The molecule has 1 N–H and O–H groups in total. The molecule has 1 aliphatic rings. The van der Waals surface area contributed by atoms with Crippen LogP contribution in [-0.4, -0.2) is 32.7 Å². The molecule has 1 aliphatic carbocycles. The van der Waals surface area contributed by atoms with Crippen molar-refractivity contribution in [2.24, 2.45) is 5.92 Å². The summed E-state index contributed by atoms with van der Waals surface area (Å²) in [5.74, 6) is -0.529. The summed E-state index contributed by atoms with van der Waals surface area (Å²) in [6, 6.07) is 17.9. The molecule has 1 aromatic heterocycles. The number of nitrogens with zero attached hydrogens (tertiary/aromatic N) is 2. The largest absolute Gasteiger partial charge is 0.481 e. The number of rotatable bonds is 11. The van der Waals surface area contributed by atoms with Gasteiger partial charge in [-0.15, -0.1) is 0 Å². The first-order chi connectivity index (χ1) is 16.9. The number of carboxylic acids is 1. The molecule has 0 spiro atoms. The number of ketones is 1. The van der Waals surface area contributed by atoms with Gasteiger partial charge in [-0.2, -0.15) is 0 Å². The standard InChI is InChI=1S/C29H30N2O4/c1-20(32)7-8-21-9-12-27(25-14-23(15-28(33)34)16-30-17-25)26(13-21)19-31(29(35)24-10-11-24)18-22-5-3-2-4-6-22/h2-6,9,12-14,16-17,24H,7-8,10-11,15,18-19H2,1H3,(H,33,34). The highest BCUT2D eigenvalue weighted by atomic mass is 16.4. The van der Waals surface area contributed by atoms with Crippen molar-refractivity contribution in [3.63, 3.8) is 0 Å². The molecule has 2 aromatic carbocycles. The quantitative estimate of drug-likeness (QED) is 0.433. The van der Waals surface area contributed by atoms with E-state index in [9.17, 15) is 19.5 Å². The van der Waals surface area contributed by atoms with E-state index in [4.69, 9.17) is 0 Å². The van der Waals surface area contributed by atoms with Gasteiger partial charge >= 0.3 is 5.97 Å². The molecule has 0 saturated heterocycles. The molecule has 6 heteroatoms. The second-order valence-corrected chi connectivity index (χ2v) is 9.30. The van der Waals surface area contributed by atoms with E-state index in [0.29, 0.717) is 31.5 Å². The summed E-state index contributed by atoms with van der Waals surface area (Å²) in [4.78, 5) is 42.2. The molecule has 1 heterocycles. The smallest absolute Gasteiger partial charge is 0.307 e. The normalized spacial score (nSPS) is 12.8. The second-order valence-electron chi connectivity index (χ2n) is 9.30. The molecular formula is C29H30N2O4. The van der Waals surface area contributed by atoms with E-state index < -0.39 is 5.97 Å². The van der Waals surface area contributed by atoms with Crippen molar-refractivity contribution in [2.75, 3.05) is 0 Å². The summed E-state index contributed by atoms with van der Waals surface area (Å²) in [5.41, 5.74) is 5.42. The average Bonchev–Trinajstić information content (AvgIpc) is 3.68. The van der Waals surface area contributed by atoms with Gasteiger partial charge in [-0.3, -0.25) is 14.6 Å². The minimum absolute atomic E-state index is 0.0867. The van der Waals surface area contributed by atoms with Crippen molar-refractivity contribution in [1.82, 2.24) is 9.88 Å². The van der Waals surface area contributed by atoms with E-state index in [1.807, 2.05) is 53.4 Å². The molecule has 1 fully saturated rings. The van der Waals surface area contributed by atoms with Crippen LogP contribution in [0.4, 0.5) is 0 Å². The van der Waals surface area contributed by atoms with Gasteiger partial charge in [0.05, 0.1) is 6.42 Å². The Morgan fingerprint density at radius 2 is 1.71 bits per heavy atom. The van der Waals surface area contributed by atoms with Crippen LogP contribution in [0.1, 0.15) is 48.4 Å². The van der Waals surface area contributed by atoms with Crippen LogP contribution in [0.3, 0.4) is 0 Å². The van der Waals surface area contributed by atoms with Crippen LogP contribution in [0.15, 0.2) is 67.0 Å². The Labute approximate surface area is 205 Å². The minimum Gasteiger partial charge on any atom is -0.481 e. The maximum atomic E-state index is 13.2. The Hall–Kier alpha value is -3.80. The summed E-state index contributed by atoms with van der Waals surface area (Å²) in [6.45, 7) is 2.53. The first kappa shape index (κ1) is 24.3. The fourth-order valence-electron chi connectivity index (χ4n) is 4.25. The monoisotopic (exact) mass is 470 g/mol. The molecule has 0 unspecified atom stereocenters. The van der Waals surface area contributed by atoms with Crippen molar-refractivity contribution >= 4 is 17.7 Å². The van der Waals surface area contributed by atoms with Crippen LogP contribution in [0.2, 0.25) is 0 Å². The number of benzene rings is 2. The summed E-state index contributed by atoms with van der Waals surface area (Å²) in [7, 11) is 0. The molecule has 0 bridgehead atoms. The summed E-state index contributed by atoms with van der Waals surface area (Å²) in [6.07, 6.45) is 6.14. The zero-order chi connectivity index (χ0) is 24.8. The van der Waals surface area contributed by atoms with Gasteiger partial charge in [0, 0.05) is 43.4 Å². The topological polar surface area (TPSA) is 87.6 Å². The number of pyridine rings is 1. The zero-order valence-electron chi connectivity index (χ0n) is 19.9. The van der Waals surface area contributed by atoms with Crippen molar-refractivity contribution < 1.29 is 19.5 Å². The minimum atomic E-state index is -0.909. The molecule has 4 rings (SSSR count). The van der Waals surface area contributed by atoms with Gasteiger partial charge in [-0.1, -0.05) is 48.5 Å². The third-order valence-electron chi connectivity index (χ3n) is 6.21. The number of aromatic nitrogens is 1. The fourth-order valence-corrected chi connectivity index (χ4v) is 4.25. The van der Waals surface area contributed by atoms with Gasteiger partial charge in [0.1, 0.15) is 5.78 Å².